The van der Waals surface area contributed by atoms with E-state index in [9.17, 15) is 4.79 Å². The van der Waals surface area contributed by atoms with Crippen LogP contribution in [0.1, 0.15) is 30.5 Å². The summed E-state index contributed by atoms with van der Waals surface area (Å²) in [5.74, 6) is 0.187. The van der Waals surface area contributed by atoms with Gasteiger partial charge in [0.15, 0.2) is 5.78 Å². The van der Waals surface area contributed by atoms with E-state index in [1.165, 1.54) is 22.4 Å². The molecule has 0 aromatic heterocycles. The predicted octanol–water partition coefficient (Wildman–Crippen LogP) is 3.93. The van der Waals surface area contributed by atoms with Gasteiger partial charge in [-0.25, -0.2) is 0 Å². The SMILES string of the molecule is CN1C(=CC(=O)CN2CCc3ccccc3C2)C(C)(C)c2ccccc21. The summed E-state index contributed by atoms with van der Waals surface area (Å²) in [6.45, 7) is 6.70. The molecule has 3 nitrogen and oxygen atoms in total. The van der Waals surface area contributed by atoms with Crippen molar-refractivity contribution >= 4 is 11.5 Å². The number of allylic oxidation sites excluding steroid dienone is 1. The molecule has 4 rings (SSSR count). The number of benzene rings is 2. The Bertz CT molecular complexity index is 881. The number of para-hydroxylation sites is 1. The largest absolute Gasteiger partial charge is 0.347 e. The molecule has 0 spiro atoms. The van der Waals surface area contributed by atoms with Gasteiger partial charge in [0, 0.05) is 43.0 Å². The smallest absolute Gasteiger partial charge is 0.171 e. The third-order valence-corrected chi connectivity index (χ3v) is 5.83. The second kappa shape index (κ2) is 6.40. The van der Waals surface area contributed by atoms with E-state index < -0.39 is 0 Å². The lowest BCUT2D eigenvalue weighted by atomic mass is 9.83. The van der Waals surface area contributed by atoms with Crippen molar-refractivity contribution in [1.82, 2.24) is 4.90 Å². The van der Waals surface area contributed by atoms with Crippen molar-refractivity contribution in [3.8, 4) is 0 Å². The van der Waals surface area contributed by atoms with Crippen LogP contribution in [0.25, 0.3) is 0 Å². The van der Waals surface area contributed by atoms with Gasteiger partial charge < -0.3 is 4.90 Å². The highest BCUT2D eigenvalue weighted by Gasteiger charge is 2.38. The Kier molecular flexibility index (Phi) is 4.20. The first-order chi connectivity index (χ1) is 12.5. The molecular weight excluding hydrogens is 320 g/mol. The molecule has 0 saturated carbocycles. The van der Waals surface area contributed by atoms with Crippen LogP contribution in [0.15, 0.2) is 60.3 Å². The number of anilines is 1. The maximum atomic E-state index is 12.8. The summed E-state index contributed by atoms with van der Waals surface area (Å²) in [7, 11) is 2.06. The molecule has 0 saturated heterocycles. The lowest BCUT2D eigenvalue weighted by Crippen LogP contribution is -2.35. The van der Waals surface area contributed by atoms with Crippen LogP contribution in [0.2, 0.25) is 0 Å². The van der Waals surface area contributed by atoms with Gasteiger partial charge in [0.1, 0.15) is 0 Å². The number of carbonyl (C=O) groups is 1. The second-order valence-electron chi connectivity index (χ2n) is 7.93. The molecule has 134 valence electrons. The summed E-state index contributed by atoms with van der Waals surface area (Å²) >= 11 is 0. The van der Waals surface area contributed by atoms with E-state index in [1.807, 2.05) is 6.08 Å². The molecule has 2 aliphatic heterocycles. The van der Waals surface area contributed by atoms with E-state index in [0.29, 0.717) is 6.54 Å². The van der Waals surface area contributed by atoms with E-state index in [1.54, 1.807) is 0 Å². The van der Waals surface area contributed by atoms with Crippen molar-refractivity contribution in [2.45, 2.75) is 32.2 Å². The van der Waals surface area contributed by atoms with Crippen molar-refractivity contribution in [3.63, 3.8) is 0 Å². The van der Waals surface area contributed by atoms with E-state index >= 15 is 0 Å². The molecular formula is C23H26N2O. The minimum absolute atomic E-state index is 0.143. The highest BCUT2D eigenvalue weighted by atomic mass is 16.1. The maximum absolute atomic E-state index is 12.8. The molecule has 0 aliphatic carbocycles. The number of likely N-dealkylation sites (N-methyl/N-ethyl adjacent to an activating group) is 1. The van der Waals surface area contributed by atoms with E-state index in [2.05, 4.69) is 79.2 Å². The lowest BCUT2D eigenvalue weighted by Gasteiger charge is -2.28. The fourth-order valence-corrected chi connectivity index (χ4v) is 4.37. The molecule has 0 bridgehead atoms. The molecule has 2 heterocycles. The van der Waals surface area contributed by atoms with E-state index in [4.69, 9.17) is 0 Å². The predicted molar refractivity (Wildman–Crippen MR) is 106 cm³/mol. The van der Waals surface area contributed by atoms with Crippen molar-refractivity contribution < 1.29 is 4.79 Å². The van der Waals surface area contributed by atoms with Crippen LogP contribution in [-0.2, 0) is 23.2 Å². The maximum Gasteiger partial charge on any atom is 0.171 e. The quantitative estimate of drug-likeness (QED) is 0.787. The van der Waals surface area contributed by atoms with Crippen LogP contribution in [0, 0.1) is 0 Å². The molecule has 2 aromatic carbocycles. The summed E-state index contributed by atoms with van der Waals surface area (Å²) in [6.07, 6.45) is 2.89. The normalized spacial score (nSPS) is 20.1. The summed E-state index contributed by atoms with van der Waals surface area (Å²) < 4.78 is 0. The standard InChI is InChI=1S/C23H26N2O/c1-23(2)20-10-6-7-11-21(20)24(3)22(23)14-19(26)16-25-13-12-17-8-4-5-9-18(17)15-25/h4-11,14H,12-13,15-16H2,1-3H3. The Morgan fingerprint density at radius 2 is 1.77 bits per heavy atom. The first-order valence-corrected chi connectivity index (χ1v) is 9.34. The zero-order chi connectivity index (χ0) is 18.3. The highest BCUT2D eigenvalue weighted by Crippen LogP contribution is 2.46. The number of nitrogens with zero attached hydrogens (tertiary/aromatic N) is 2. The molecule has 2 aliphatic rings. The first kappa shape index (κ1) is 17.0. The molecule has 2 aromatic rings. The number of fused-ring (bicyclic) bond motifs is 2. The summed E-state index contributed by atoms with van der Waals surface area (Å²) in [5, 5.41) is 0. The third kappa shape index (κ3) is 2.86. The lowest BCUT2D eigenvalue weighted by molar-refractivity contribution is -0.116. The fraction of sp³-hybridized carbons (Fsp3) is 0.348. The van der Waals surface area contributed by atoms with Crippen LogP contribution in [0.4, 0.5) is 5.69 Å². The molecule has 0 N–H and O–H groups in total. The van der Waals surface area contributed by atoms with Crippen LogP contribution < -0.4 is 4.90 Å². The molecule has 0 fully saturated rings. The Balaban J connectivity index is 1.52. The van der Waals surface area contributed by atoms with Gasteiger partial charge >= 0.3 is 0 Å². The van der Waals surface area contributed by atoms with E-state index in [0.717, 1.165) is 25.2 Å². The van der Waals surface area contributed by atoms with Crippen molar-refractivity contribution in [3.05, 3.63) is 77.0 Å². The summed E-state index contributed by atoms with van der Waals surface area (Å²) in [4.78, 5) is 17.2. The van der Waals surface area contributed by atoms with Crippen LogP contribution in [-0.4, -0.2) is 30.8 Å². The monoisotopic (exact) mass is 346 g/mol. The van der Waals surface area contributed by atoms with Crippen LogP contribution in [0.3, 0.4) is 0 Å². The first-order valence-electron chi connectivity index (χ1n) is 9.34. The van der Waals surface area contributed by atoms with Gasteiger partial charge in [0.25, 0.3) is 0 Å². The molecule has 0 radical (unpaired) electrons. The van der Waals surface area contributed by atoms with Gasteiger partial charge in [-0.15, -0.1) is 0 Å². The van der Waals surface area contributed by atoms with Crippen molar-refractivity contribution in [1.29, 1.82) is 0 Å². The number of ketones is 1. The molecule has 0 unspecified atom stereocenters. The molecule has 3 heteroatoms. The third-order valence-electron chi connectivity index (χ3n) is 5.83. The Labute approximate surface area is 155 Å². The number of hydrogen-bond acceptors (Lipinski definition) is 3. The van der Waals surface area contributed by atoms with Crippen LogP contribution in [0.5, 0.6) is 0 Å². The topological polar surface area (TPSA) is 23.6 Å². The van der Waals surface area contributed by atoms with Gasteiger partial charge in [-0.3, -0.25) is 9.69 Å². The zero-order valence-corrected chi connectivity index (χ0v) is 15.8. The van der Waals surface area contributed by atoms with Gasteiger partial charge in [0.05, 0.1) is 6.54 Å². The summed E-state index contributed by atoms with van der Waals surface area (Å²) in [6, 6.07) is 17.0. The average molecular weight is 346 g/mol. The highest BCUT2D eigenvalue weighted by molar-refractivity contribution is 5.94. The van der Waals surface area contributed by atoms with Crippen molar-refractivity contribution in [2.75, 3.05) is 25.0 Å². The summed E-state index contributed by atoms with van der Waals surface area (Å²) in [5.41, 5.74) is 6.19. The minimum Gasteiger partial charge on any atom is -0.347 e. The van der Waals surface area contributed by atoms with Gasteiger partial charge in [-0.05, 0) is 29.2 Å². The van der Waals surface area contributed by atoms with E-state index in [-0.39, 0.29) is 11.2 Å². The molecule has 0 amide bonds. The Hall–Kier alpha value is -2.39. The fourth-order valence-electron chi connectivity index (χ4n) is 4.37. The zero-order valence-electron chi connectivity index (χ0n) is 15.8. The number of hydrogen-bond donors (Lipinski definition) is 0. The Morgan fingerprint density at radius 3 is 2.54 bits per heavy atom. The second-order valence-corrected chi connectivity index (χ2v) is 7.93. The molecule has 26 heavy (non-hydrogen) atoms. The number of rotatable bonds is 3. The van der Waals surface area contributed by atoms with Crippen LogP contribution >= 0.6 is 0 Å². The van der Waals surface area contributed by atoms with Crippen molar-refractivity contribution in [2.24, 2.45) is 0 Å². The van der Waals surface area contributed by atoms with Gasteiger partial charge in [0.2, 0.25) is 0 Å². The molecule has 0 atom stereocenters. The number of carbonyl (C=O) groups excluding carboxylic acids is 1. The Morgan fingerprint density at radius 1 is 1.08 bits per heavy atom. The average Bonchev–Trinajstić information content (AvgIpc) is 2.83. The van der Waals surface area contributed by atoms with Gasteiger partial charge in [-0.2, -0.15) is 0 Å². The minimum atomic E-state index is -0.143. The van der Waals surface area contributed by atoms with Gasteiger partial charge in [-0.1, -0.05) is 56.3 Å².